The Morgan fingerprint density at radius 1 is 1.05 bits per heavy atom. The van der Waals surface area contributed by atoms with E-state index in [0.717, 1.165) is 12.4 Å². The summed E-state index contributed by atoms with van der Waals surface area (Å²) in [5.41, 5.74) is 1.45. The summed E-state index contributed by atoms with van der Waals surface area (Å²) in [6, 6.07) is 10.8. The number of hydrogen-bond donors (Lipinski definition) is 0. The Morgan fingerprint density at radius 3 is 2.32 bits per heavy atom. The summed E-state index contributed by atoms with van der Waals surface area (Å²) in [5.74, 6) is 1.38. The molecular weight excluding hydrogens is 256 g/mol. The van der Waals surface area contributed by atoms with Crippen LogP contribution in [0.1, 0.15) is 12.5 Å². The molecule has 0 spiro atoms. The van der Waals surface area contributed by atoms with Gasteiger partial charge in [0.05, 0.1) is 0 Å². The van der Waals surface area contributed by atoms with Crippen molar-refractivity contribution in [2.75, 3.05) is 45.1 Å². The highest BCUT2D eigenvalue weighted by Crippen LogP contribution is 2.08. The van der Waals surface area contributed by atoms with Crippen molar-refractivity contribution in [2.45, 2.75) is 13.3 Å². The minimum absolute atomic E-state index is 0.609. The fourth-order valence-corrected chi connectivity index (χ4v) is 2.71. The molecule has 1 atom stereocenters. The first-order chi connectivity index (χ1) is 9.28. The van der Waals surface area contributed by atoms with Gasteiger partial charge in [0.1, 0.15) is 0 Å². The zero-order valence-electron chi connectivity index (χ0n) is 11.9. The van der Waals surface area contributed by atoms with Crippen molar-refractivity contribution in [3.05, 3.63) is 35.9 Å². The summed E-state index contributed by atoms with van der Waals surface area (Å²) in [4.78, 5) is 5.13. The van der Waals surface area contributed by atoms with Gasteiger partial charge in [0.2, 0.25) is 0 Å². The summed E-state index contributed by atoms with van der Waals surface area (Å²) >= 11 is 5.88. The molecule has 0 bridgehead atoms. The van der Waals surface area contributed by atoms with E-state index in [9.17, 15) is 0 Å². The Kier molecular flexibility index (Phi) is 6.15. The minimum Gasteiger partial charge on any atom is -0.300 e. The summed E-state index contributed by atoms with van der Waals surface area (Å²) in [5, 5.41) is 0. The third-order valence-corrected chi connectivity index (χ3v) is 4.38. The van der Waals surface area contributed by atoms with Crippen LogP contribution in [0.3, 0.4) is 0 Å². The summed E-state index contributed by atoms with van der Waals surface area (Å²) < 4.78 is 0. The molecule has 106 valence electrons. The van der Waals surface area contributed by atoms with Crippen molar-refractivity contribution < 1.29 is 0 Å². The molecule has 0 saturated carbocycles. The summed E-state index contributed by atoms with van der Waals surface area (Å²) in [7, 11) is 0. The number of nitrogens with zero attached hydrogens (tertiary/aromatic N) is 2. The standard InChI is InChI=1S/C16H25ClN2/c1-15(13-17)14-19-11-9-18(10-12-19)8-7-16-5-3-2-4-6-16/h2-6,15H,7-14H2,1H3. The summed E-state index contributed by atoms with van der Waals surface area (Å²) in [6.45, 7) is 9.34. The van der Waals surface area contributed by atoms with E-state index < -0.39 is 0 Å². The Bertz CT molecular complexity index is 347. The smallest absolute Gasteiger partial charge is 0.0261 e. The van der Waals surface area contributed by atoms with Gasteiger partial charge in [0.25, 0.3) is 0 Å². The van der Waals surface area contributed by atoms with E-state index in [4.69, 9.17) is 11.6 Å². The molecule has 2 rings (SSSR count). The highest BCUT2D eigenvalue weighted by molar-refractivity contribution is 6.18. The first-order valence-electron chi connectivity index (χ1n) is 7.32. The van der Waals surface area contributed by atoms with Gasteiger partial charge >= 0.3 is 0 Å². The van der Waals surface area contributed by atoms with Crippen molar-refractivity contribution in [2.24, 2.45) is 5.92 Å². The normalized spacial score (nSPS) is 19.5. The Labute approximate surface area is 122 Å². The molecule has 3 heteroatoms. The second kappa shape index (κ2) is 7.88. The lowest BCUT2D eigenvalue weighted by molar-refractivity contribution is 0.124. The highest BCUT2D eigenvalue weighted by Gasteiger charge is 2.17. The van der Waals surface area contributed by atoms with E-state index in [-0.39, 0.29) is 0 Å². The van der Waals surface area contributed by atoms with Gasteiger partial charge in [-0.2, -0.15) is 0 Å². The number of hydrogen-bond acceptors (Lipinski definition) is 2. The molecule has 1 aromatic rings. The molecule has 0 radical (unpaired) electrons. The second-order valence-electron chi connectivity index (χ2n) is 5.64. The van der Waals surface area contributed by atoms with Crippen molar-refractivity contribution in [3.8, 4) is 0 Å². The Balaban J connectivity index is 1.66. The van der Waals surface area contributed by atoms with Crippen LogP contribution < -0.4 is 0 Å². The molecule has 1 aliphatic heterocycles. The predicted octanol–water partition coefficient (Wildman–Crippen LogP) is 2.72. The molecular formula is C16H25ClN2. The van der Waals surface area contributed by atoms with E-state index in [0.29, 0.717) is 5.92 Å². The Morgan fingerprint density at radius 2 is 1.68 bits per heavy atom. The Hall–Kier alpha value is -0.570. The average Bonchev–Trinajstić information content (AvgIpc) is 2.47. The zero-order chi connectivity index (χ0) is 13.5. The number of benzene rings is 1. The van der Waals surface area contributed by atoms with Crippen LogP contribution in [0.25, 0.3) is 0 Å². The van der Waals surface area contributed by atoms with Crippen molar-refractivity contribution in [3.63, 3.8) is 0 Å². The minimum atomic E-state index is 0.609. The third-order valence-electron chi connectivity index (χ3n) is 3.86. The molecule has 1 aromatic carbocycles. The van der Waals surface area contributed by atoms with E-state index in [2.05, 4.69) is 47.1 Å². The van der Waals surface area contributed by atoms with Crippen LogP contribution in [-0.4, -0.2) is 54.9 Å². The molecule has 0 amide bonds. The van der Waals surface area contributed by atoms with E-state index in [1.54, 1.807) is 0 Å². The highest BCUT2D eigenvalue weighted by atomic mass is 35.5. The van der Waals surface area contributed by atoms with Gasteiger partial charge < -0.3 is 9.80 Å². The molecule has 1 fully saturated rings. The van der Waals surface area contributed by atoms with Gasteiger partial charge in [-0.05, 0) is 17.9 Å². The van der Waals surface area contributed by atoms with Gasteiger partial charge in [-0.15, -0.1) is 11.6 Å². The van der Waals surface area contributed by atoms with Gasteiger partial charge in [-0.1, -0.05) is 37.3 Å². The van der Waals surface area contributed by atoms with E-state index in [1.807, 2.05) is 0 Å². The van der Waals surface area contributed by atoms with Crippen LogP contribution in [0.2, 0.25) is 0 Å². The van der Waals surface area contributed by atoms with Crippen LogP contribution in [0.4, 0.5) is 0 Å². The van der Waals surface area contributed by atoms with Crippen molar-refractivity contribution >= 4 is 11.6 Å². The van der Waals surface area contributed by atoms with Crippen molar-refractivity contribution in [1.82, 2.24) is 9.80 Å². The molecule has 0 aromatic heterocycles. The maximum Gasteiger partial charge on any atom is 0.0261 e. The van der Waals surface area contributed by atoms with Crippen LogP contribution in [0.5, 0.6) is 0 Å². The lowest BCUT2D eigenvalue weighted by Crippen LogP contribution is -2.48. The first kappa shape index (κ1) is 14.8. The van der Waals surface area contributed by atoms with Gasteiger partial charge in [0.15, 0.2) is 0 Å². The van der Waals surface area contributed by atoms with Crippen LogP contribution in [0.15, 0.2) is 30.3 Å². The topological polar surface area (TPSA) is 6.48 Å². The monoisotopic (exact) mass is 280 g/mol. The largest absolute Gasteiger partial charge is 0.300 e. The summed E-state index contributed by atoms with van der Waals surface area (Å²) in [6.07, 6.45) is 1.17. The van der Waals surface area contributed by atoms with Crippen molar-refractivity contribution in [1.29, 1.82) is 0 Å². The molecule has 1 aliphatic rings. The fraction of sp³-hybridized carbons (Fsp3) is 0.625. The molecule has 1 saturated heterocycles. The maximum atomic E-state index is 5.88. The second-order valence-corrected chi connectivity index (χ2v) is 5.95. The molecule has 0 aliphatic carbocycles. The number of rotatable bonds is 6. The maximum absolute atomic E-state index is 5.88. The van der Waals surface area contributed by atoms with Crippen LogP contribution >= 0.6 is 11.6 Å². The van der Waals surface area contributed by atoms with Crippen LogP contribution in [0, 0.1) is 5.92 Å². The number of alkyl halides is 1. The van der Waals surface area contributed by atoms with Gasteiger partial charge in [-0.25, -0.2) is 0 Å². The van der Waals surface area contributed by atoms with Crippen LogP contribution in [-0.2, 0) is 6.42 Å². The average molecular weight is 281 g/mol. The molecule has 1 unspecified atom stereocenters. The van der Waals surface area contributed by atoms with Gasteiger partial charge in [-0.3, -0.25) is 0 Å². The predicted molar refractivity (Wildman–Crippen MR) is 82.9 cm³/mol. The SMILES string of the molecule is CC(CCl)CN1CCN(CCc2ccccc2)CC1. The molecule has 2 nitrogen and oxygen atoms in total. The lowest BCUT2D eigenvalue weighted by Gasteiger charge is -2.35. The van der Waals surface area contributed by atoms with Gasteiger partial charge in [0, 0.05) is 45.1 Å². The third kappa shape index (κ3) is 5.13. The quantitative estimate of drug-likeness (QED) is 0.740. The number of piperazine rings is 1. The molecule has 19 heavy (non-hydrogen) atoms. The number of halogens is 1. The lowest BCUT2D eigenvalue weighted by atomic mass is 10.1. The fourth-order valence-electron chi connectivity index (χ4n) is 2.62. The molecule has 1 heterocycles. The zero-order valence-corrected chi connectivity index (χ0v) is 12.6. The molecule has 0 N–H and O–H groups in total. The van der Waals surface area contributed by atoms with E-state index >= 15 is 0 Å². The van der Waals surface area contributed by atoms with E-state index in [1.165, 1.54) is 44.7 Å². The first-order valence-corrected chi connectivity index (χ1v) is 7.86.